The number of fused-ring (bicyclic) bond motifs is 2. The van der Waals surface area contributed by atoms with Gasteiger partial charge in [-0.3, -0.25) is 24.0 Å². The summed E-state index contributed by atoms with van der Waals surface area (Å²) in [7, 11) is 0. The lowest BCUT2D eigenvalue weighted by molar-refractivity contribution is -0.182. The second-order valence-electron chi connectivity index (χ2n) is 32.0. The second kappa shape index (κ2) is 36.6. The number of aliphatic hydroxyl groups excluding tert-OH is 6. The highest BCUT2D eigenvalue weighted by atomic mass is 127. The van der Waals surface area contributed by atoms with Crippen molar-refractivity contribution >= 4 is 146 Å². The van der Waals surface area contributed by atoms with Crippen molar-refractivity contribution in [3.8, 4) is 0 Å². The Hall–Kier alpha value is -3.73. The summed E-state index contributed by atoms with van der Waals surface area (Å²) in [4.78, 5) is 64.5. The Morgan fingerprint density at radius 1 is 0.467 bits per heavy atom. The van der Waals surface area contributed by atoms with Crippen LogP contribution in [0.3, 0.4) is 0 Å². The molecule has 0 saturated carbocycles. The van der Waals surface area contributed by atoms with Gasteiger partial charge in [0.1, 0.15) is 76.8 Å². The van der Waals surface area contributed by atoms with Gasteiger partial charge in [-0.05, 0) is 136 Å². The van der Waals surface area contributed by atoms with Gasteiger partial charge in [0.05, 0.1) is 51.5 Å². The summed E-state index contributed by atoms with van der Waals surface area (Å²) in [5.41, 5.74) is -1.53. The van der Waals surface area contributed by atoms with E-state index in [2.05, 4.69) is 196 Å². The van der Waals surface area contributed by atoms with Crippen LogP contribution < -0.4 is 26.6 Å². The molecule has 0 radical (unpaired) electrons. The molecule has 11 aliphatic rings. The number of alkyl halides is 3. The summed E-state index contributed by atoms with van der Waals surface area (Å²) >= 11 is 12.0. The number of aliphatic hydroxyl groups is 6. The van der Waals surface area contributed by atoms with E-state index in [-0.39, 0.29) is 69.1 Å². The van der Waals surface area contributed by atoms with Crippen LogP contribution in [0.4, 0.5) is 0 Å². The van der Waals surface area contributed by atoms with Gasteiger partial charge in [-0.1, -0.05) is 71.4 Å². The number of hydrogen-bond acceptors (Lipinski definition) is 22. The number of carbonyl (C=O) groups is 5. The second-order valence-corrected chi connectivity index (χ2v) is 56.6. The molecule has 11 rings (SSSR count). The predicted octanol–water partition coefficient (Wildman–Crippen LogP) is 4.64. The van der Waals surface area contributed by atoms with Crippen molar-refractivity contribution < 1.29 is 83.0 Å². The predicted molar refractivity (Wildman–Crippen MR) is 451 cm³/mol. The third-order valence-electron chi connectivity index (χ3n) is 19.1. The smallest absolute Gasteiger partial charge is 0.250 e. The average Bonchev–Trinajstić information content (AvgIpc) is 1.57. The van der Waals surface area contributed by atoms with Gasteiger partial charge in [-0.2, -0.15) is 0 Å². The zero-order chi connectivity index (χ0) is 80.2. The molecule has 27 nitrogen and oxygen atoms in total. The van der Waals surface area contributed by atoms with Crippen LogP contribution in [0.2, 0.25) is 0 Å². The molecule has 5 amide bonds. The number of ether oxygens (including phenoxy) is 6. The summed E-state index contributed by atoms with van der Waals surface area (Å²) in [5, 5.41) is 74.8. The largest absolute Gasteiger partial charge is 0.389 e. The summed E-state index contributed by atoms with van der Waals surface area (Å²) in [6.45, 7) is 36.9. The number of rotatable bonds is 20. The molecular weight excluding hydrogens is 1670 g/mol. The van der Waals surface area contributed by atoms with Crippen molar-refractivity contribution in [2.75, 3.05) is 104 Å². The first-order valence-electron chi connectivity index (χ1n) is 35.0. The fourth-order valence-electron chi connectivity index (χ4n) is 12.8. The lowest BCUT2D eigenvalue weighted by Crippen LogP contribution is -2.49. The quantitative estimate of drug-likeness (QED) is 0.0449. The van der Waals surface area contributed by atoms with E-state index in [1.54, 1.807) is 51.3 Å². The highest BCUT2D eigenvalue weighted by Gasteiger charge is 2.62. The van der Waals surface area contributed by atoms with E-state index in [0.717, 1.165) is 56.5 Å². The number of hydrogen-bond donors (Lipinski definition) is 11. The van der Waals surface area contributed by atoms with Crippen molar-refractivity contribution in [3.05, 3.63) is 123 Å². The number of amides is 5. The topological polar surface area (TPSA) is 338 Å². The minimum atomic E-state index is -1.25. The lowest BCUT2D eigenvalue weighted by Gasteiger charge is -2.38. The molecular formula is C72H114BrClIN10O17P5. The standard InChI is InChI=1S/C15H23N2O4P.C15H25N2O4P.C14H22BrN2O3P.C14H22ClN2O3P.C14H22IN2O3P/c1-10-16-11(18)5-7-17(10)14-12-13(19)15(21-14,9-20-12)6-8-22(2,3)4;1-10-16-11(18)6-8-17(10)14-12(19)13(20)15(2,21-14)7-9-22(3,4)5;3*1-9-16-11(18)5-7-17(9)14-12(15)13(19)10(20-14)6-8-21(2,3)4/h5,7,12-14,19H,1-2,6,8-9H2,3-4H3,(H,16,18);6,8,12-14,19-20H,1,3,7,9H2,2,4-5H3,(H,16,18);3*5,7,10,12-14,19H,1-2,6,8H2,3-4H3,(H,16,18)/t12-,13+,14?,15+;12-,13+,14?,15-;3*10-,12-,13-,14?/m11111/s1. The molecule has 5 unspecified atom stereocenters. The number of nitrogens with one attached hydrogen (secondary N) is 5. The van der Waals surface area contributed by atoms with Crippen molar-refractivity contribution in [3.63, 3.8) is 0 Å². The molecule has 6 fully saturated rings. The Balaban J connectivity index is 0.000000187. The minimum absolute atomic E-state index is 0.0877. The maximum absolute atomic E-state index is 11.3. The molecule has 6 saturated heterocycles. The van der Waals surface area contributed by atoms with E-state index < -0.39 is 112 Å². The molecule has 107 heavy (non-hydrogen) atoms. The number of halogens is 3. The summed E-state index contributed by atoms with van der Waals surface area (Å²) < 4.78 is 35.7. The first kappa shape index (κ1) is 90.5. The van der Waals surface area contributed by atoms with Crippen molar-refractivity contribution in [1.82, 2.24) is 51.1 Å². The summed E-state index contributed by atoms with van der Waals surface area (Å²) in [6.07, 6.45) is 35.8. The maximum atomic E-state index is 11.3. The Morgan fingerprint density at radius 2 is 0.794 bits per heavy atom. The first-order chi connectivity index (χ1) is 49.3. The maximum Gasteiger partial charge on any atom is 0.250 e. The fraction of sp³-hybridized carbons (Fsp3) is 0.583. The molecule has 0 aromatic rings. The van der Waals surface area contributed by atoms with Crippen molar-refractivity contribution in [1.29, 1.82) is 0 Å². The summed E-state index contributed by atoms with van der Waals surface area (Å²) in [6, 6.07) is 0. The normalized spacial score (nSPS) is 34.8. The monoisotopic (exact) mass is 1790 g/mol. The molecule has 35 heteroatoms. The first-order valence-corrected chi connectivity index (χ1v) is 52.8. The lowest BCUT2D eigenvalue weighted by atomic mass is 9.94. The molecule has 0 aliphatic carbocycles. The fourth-order valence-corrected chi connectivity index (χ4v) is 19.7. The van der Waals surface area contributed by atoms with Gasteiger partial charge < -0.3 is 110 Å². The van der Waals surface area contributed by atoms with E-state index in [0.29, 0.717) is 42.1 Å². The summed E-state index contributed by atoms with van der Waals surface area (Å²) in [5.74, 6) is 0.948. The van der Waals surface area contributed by atoms with Gasteiger partial charge in [0, 0.05) is 61.4 Å². The molecule has 0 spiro atoms. The van der Waals surface area contributed by atoms with Crippen LogP contribution in [0.5, 0.6) is 0 Å². The average molecular weight is 1790 g/mol. The Labute approximate surface area is 659 Å². The van der Waals surface area contributed by atoms with E-state index >= 15 is 0 Å². The van der Waals surface area contributed by atoms with Gasteiger partial charge in [0.2, 0.25) is 0 Å². The van der Waals surface area contributed by atoms with Gasteiger partial charge in [0.15, 0.2) is 24.9 Å². The van der Waals surface area contributed by atoms with Crippen LogP contribution in [-0.2, 0) is 52.4 Å². The highest BCUT2D eigenvalue weighted by Crippen LogP contribution is 2.49. The van der Waals surface area contributed by atoms with Crippen LogP contribution in [0.15, 0.2) is 123 Å². The van der Waals surface area contributed by atoms with Crippen LogP contribution in [0.1, 0.15) is 39.0 Å². The Morgan fingerprint density at radius 3 is 1.19 bits per heavy atom. The van der Waals surface area contributed by atoms with Crippen LogP contribution in [0.25, 0.3) is 0 Å². The van der Waals surface area contributed by atoms with E-state index in [4.69, 9.17) is 40.0 Å². The molecule has 11 aliphatic heterocycles. The highest BCUT2D eigenvalue weighted by molar-refractivity contribution is 14.1. The third-order valence-corrected chi connectivity index (χ3v) is 29.2. The molecule has 0 aromatic heterocycles. The Kier molecular flexibility index (Phi) is 30.9. The number of carbonyl (C=O) groups excluding carboxylic acids is 5. The molecule has 11 heterocycles. The van der Waals surface area contributed by atoms with Crippen molar-refractivity contribution in [2.24, 2.45) is 0 Å². The molecule has 20 atom stereocenters. The van der Waals surface area contributed by atoms with Crippen LogP contribution in [-0.4, -0.2) is 338 Å². The van der Waals surface area contributed by atoms with E-state index in [9.17, 15) is 54.6 Å². The Bertz CT molecular complexity index is 3540. The van der Waals surface area contributed by atoms with Gasteiger partial charge in [-0.15, -0.1) is 77.5 Å². The zero-order valence-electron chi connectivity index (χ0n) is 63.3. The van der Waals surface area contributed by atoms with Crippen LogP contribution >= 0.6 is 84.6 Å². The van der Waals surface area contributed by atoms with E-state index in [1.165, 1.54) is 41.5 Å². The SMILES string of the molecule is C=C1NC(=O)C=CN1C1O[C@@]2(CCP(=C)(C)C)CO[C@@H]1[C@@H]2O.C=C1NC(=O)C=CN1C1O[C@H](CCP(=C)(C)C)[C@@H](O)[C@H]1Br.C=C1NC(=O)C=CN1C1O[C@H](CCP(=C)(C)C)[C@@H](O)[C@H]1Cl.C=C1NC(=O)C=CN1C1O[C@H](CCP(=C)(C)C)[C@@H](O)[C@H]1I.C=C1NC(=O)C=CN1C1O[C@](C)(CCP(=C)(C)C)[C@@H](O)[C@H]1O. The van der Waals surface area contributed by atoms with Gasteiger partial charge in [0.25, 0.3) is 29.5 Å². The zero-order valence-corrected chi connectivity index (χ0v) is 72.3. The van der Waals surface area contributed by atoms with E-state index in [1.807, 2.05) is 0 Å². The molecule has 11 N–H and O–H groups in total. The molecule has 0 aromatic carbocycles. The number of nitrogens with zero attached hydrogens (tertiary/aromatic N) is 5. The minimum Gasteiger partial charge on any atom is -0.389 e. The van der Waals surface area contributed by atoms with Gasteiger partial charge in [-0.25, -0.2) is 0 Å². The van der Waals surface area contributed by atoms with Crippen molar-refractivity contribution in [2.45, 2.75) is 157 Å². The van der Waals surface area contributed by atoms with Crippen LogP contribution in [0, 0.1) is 0 Å². The molecule has 2 bridgehead atoms. The third kappa shape index (κ3) is 24.4. The molecule has 600 valence electrons. The van der Waals surface area contributed by atoms with Gasteiger partial charge >= 0.3 is 0 Å².